The zero-order valence-corrected chi connectivity index (χ0v) is 15.6. The molecular formula is C22H27N3O. The molecule has 0 unspecified atom stereocenters. The van der Waals surface area contributed by atoms with Crippen molar-refractivity contribution >= 4 is 11.0 Å². The molecule has 1 aliphatic carbocycles. The van der Waals surface area contributed by atoms with E-state index in [-0.39, 0.29) is 0 Å². The minimum atomic E-state index is 0.476. The summed E-state index contributed by atoms with van der Waals surface area (Å²) in [5, 5.41) is 3.73. The number of hydrogen-bond acceptors (Lipinski definition) is 3. The summed E-state index contributed by atoms with van der Waals surface area (Å²) in [7, 11) is 0. The van der Waals surface area contributed by atoms with Gasteiger partial charge in [-0.05, 0) is 54.5 Å². The van der Waals surface area contributed by atoms with Crippen LogP contribution in [0.1, 0.15) is 45.1 Å². The van der Waals surface area contributed by atoms with Crippen LogP contribution in [0, 0.1) is 5.41 Å². The Kier molecular flexibility index (Phi) is 4.68. The van der Waals surface area contributed by atoms with E-state index in [1.165, 1.54) is 31.2 Å². The van der Waals surface area contributed by atoms with E-state index in [0.717, 1.165) is 29.1 Å². The molecule has 0 aliphatic heterocycles. The Bertz CT molecular complexity index is 866. The summed E-state index contributed by atoms with van der Waals surface area (Å²) in [4.78, 5) is 7.34. The van der Waals surface area contributed by atoms with Gasteiger partial charge in [-0.3, -0.25) is 0 Å². The number of hydrogen-bond donors (Lipinski definition) is 2. The van der Waals surface area contributed by atoms with Crippen LogP contribution in [0.5, 0.6) is 11.5 Å². The highest BCUT2D eigenvalue weighted by Gasteiger charge is 2.27. The Hall–Kier alpha value is -2.33. The molecule has 1 atom stereocenters. The lowest BCUT2D eigenvalue weighted by molar-refractivity contribution is 0.198. The highest BCUT2D eigenvalue weighted by atomic mass is 16.5. The van der Waals surface area contributed by atoms with E-state index in [0.29, 0.717) is 11.5 Å². The molecule has 1 aliphatic rings. The average Bonchev–Trinajstić information content (AvgIpc) is 3.08. The lowest BCUT2D eigenvalue weighted by atomic mass is 9.75. The molecule has 0 amide bonds. The van der Waals surface area contributed by atoms with E-state index in [4.69, 9.17) is 4.74 Å². The number of ether oxygens (including phenoxy) is 1. The predicted octanol–water partition coefficient (Wildman–Crippen LogP) is 5.41. The molecule has 2 aromatic carbocycles. The quantitative estimate of drug-likeness (QED) is 0.647. The van der Waals surface area contributed by atoms with Crippen molar-refractivity contribution in [3.63, 3.8) is 0 Å². The zero-order valence-electron chi connectivity index (χ0n) is 15.6. The van der Waals surface area contributed by atoms with Crippen LogP contribution >= 0.6 is 0 Å². The molecular weight excluding hydrogens is 322 g/mol. The summed E-state index contributed by atoms with van der Waals surface area (Å²) in [6, 6.07) is 14.9. The number of fused-ring (bicyclic) bond motifs is 1. The third-order valence-electron chi connectivity index (χ3n) is 5.35. The Morgan fingerprint density at radius 3 is 2.77 bits per heavy atom. The lowest BCUT2D eigenvalue weighted by Crippen LogP contribution is -2.36. The molecule has 4 nitrogen and oxygen atoms in total. The van der Waals surface area contributed by atoms with Gasteiger partial charge in [-0.2, -0.15) is 0 Å². The Balaban J connectivity index is 1.34. The third-order valence-corrected chi connectivity index (χ3v) is 5.35. The van der Waals surface area contributed by atoms with E-state index in [1.54, 1.807) is 6.33 Å². The summed E-state index contributed by atoms with van der Waals surface area (Å²) < 4.78 is 5.96. The molecule has 136 valence electrons. The van der Waals surface area contributed by atoms with Crippen molar-refractivity contribution in [1.82, 2.24) is 15.3 Å². The molecule has 4 heteroatoms. The number of rotatable bonds is 5. The molecule has 0 spiro atoms. The van der Waals surface area contributed by atoms with Gasteiger partial charge in [-0.25, -0.2) is 4.98 Å². The highest BCUT2D eigenvalue weighted by molar-refractivity contribution is 5.76. The molecule has 0 radical (unpaired) electrons. The fraction of sp³-hybridized carbons (Fsp3) is 0.409. The number of nitrogens with zero attached hydrogens (tertiary/aromatic N) is 1. The fourth-order valence-electron chi connectivity index (χ4n) is 3.92. The fourth-order valence-corrected chi connectivity index (χ4v) is 3.92. The Labute approximate surface area is 155 Å². The molecule has 0 bridgehead atoms. The van der Waals surface area contributed by atoms with Gasteiger partial charge >= 0.3 is 0 Å². The van der Waals surface area contributed by atoms with Gasteiger partial charge in [0.1, 0.15) is 11.5 Å². The second kappa shape index (κ2) is 7.12. The molecule has 26 heavy (non-hydrogen) atoms. The zero-order chi connectivity index (χ0) is 18.0. The van der Waals surface area contributed by atoms with Crippen LogP contribution in [0.4, 0.5) is 0 Å². The van der Waals surface area contributed by atoms with Crippen molar-refractivity contribution in [3.8, 4) is 11.5 Å². The van der Waals surface area contributed by atoms with Crippen molar-refractivity contribution in [3.05, 3.63) is 54.4 Å². The van der Waals surface area contributed by atoms with Gasteiger partial charge in [0, 0.05) is 18.7 Å². The molecule has 0 saturated heterocycles. The van der Waals surface area contributed by atoms with Crippen molar-refractivity contribution in [2.45, 2.75) is 52.1 Å². The van der Waals surface area contributed by atoms with Crippen LogP contribution in [0.25, 0.3) is 11.0 Å². The Morgan fingerprint density at radius 1 is 1.15 bits per heavy atom. The molecule has 1 aromatic heterocycles. The van der Waals surface area contributed by atoms with E-state index >= 15 is 0 Å². The monoisotopic (exact) mass is 349 g/mol. The van der Waals surface area contributed by atoms with E-state index in [9.17, 15) is 0 Å². The highest BCUT2D eigenvalue weighted by Crippen LogP contribution is 2.35. The summed E-state index contributed by atoms with van der Waals surface area (Å²) >= 11 is 0. The molecule has 3 aromatic rings. The van der Waals surface area contributed by atoms with Gasteiger partial charge in [0.05, 0.1) is 17.4 Å². The maximum atomic E-state index is 5.96. The second-order valence-electron chi connectivity index (χ2n) is 8.17. The van der Waals surface area contributed by atoms with Gasteiger partial charge in [0.15, 0.2) is 0 Å². The average molecular weight is 349 g/mol. The number of aromatic nitrogens is 2. The number of H-pyrrole nitrogens is 1. The number of imidazole rings is 1. The molecule has 1 saturated carbocycles. The minimum absolute atomic E-state index is 0.476. The number of nitrogens with one attached hydrogen (secondary N) is 2. The van der Waals surface area contributed by atoms with Crippen molar-refractivity contribution in [2.24, 2.45) is 5.41 Å². The third kappa shape index (κ3) is 4.07. The first-order valence-corrected chi connectivity index (χ1v) is 9.51. The summed E-state index contributed by atoms with van der Waals surface area (Å²) in [6.07, 6.45) is 6.94. The van der Waals surface area contributed by atoms with Crippen LogP contribution in [0.3, 0.4) is 0 Å². The maximum absolute atomic E-state index is 5.96. The van der Waals surface area contributed by atoms with Crippen LogP contribution in [0.15, 0.2) is 48.8 Å². The number of aromatic amines is 1. The summed E-state index contributed by atoms with van der Waals surface area (Å²) in [5.74, 6) is 1.67. The Morgan fingerprint density at radius 2 is 1.96 bits per heavy atom. The van der Waals surface area contributed by atoms with Crippen LogP contribution < -0.4 is 10.1 Å². The van der Waals surface area contributed by atoms with Gasteiger partial charge in [-0.15, -0.1) is 0 Å². The van der Waals surface area contributed by atoms with Gasteiger partial charge in [0.25, 0.3) is 0 Å². The first kappa shape index (κ1) is 17.1. The summed E-state index contributed by atoms with van der Waals surface area (Å²) in [6.45, 7) is 5.68. The van der Waals surface area contributed by atoms with E-state index in [2.05, 4.69) is 41.3 Å². The van der Waals surface area contributed by atoms with Crippen molar-refractivity contribution in [1.29, 1.82) is 0 Å². The number of benzene rings is 2. The first-order chi connectivity index (χ1) is 12.6. The molecule has 1 heterocycles. The van der Waals surface area contributed by atoms with Crippen LogP contribution in [-0.2, 0) is 6.54 Å². The largest absolute Gasteiger partial charge is 0.457 e. The molecule has 4 rings (SSSR count). The first-order valence-electron chi connectivity index (χ1n) is 9.51. The van der Waals surface area contributed by atoms with Crippen LogP contribution in [-0.4, -0.2) is 16.0 Å². The smallest absolute Gasteiger partial charge is 0.129 e. The normalized spacial score (nSPS) is 19.5. The van der Waals surface area contributed by atoms with Gasteiger partial charge in [0.2, 0.25) is 0 Å². The second-order valence-corrected chi connectivity index (χ2v) is 8.17. The van der Waals surface area contributed by atoms with E-state index in [1.807, 2.05) is 30.3 Å². The van der Waals surface area contributed by atoms with Crippen molar-refractivity contribution in [2.75, 3.05) is 0 Å². The maximum Gasteiger partial charge on any atom is 0.129 e. The lowest BCUT2D eigenvalue weighted by Gasteiger charge is -2.35. The van der Waals surface area contributed by atoms with Crippen molar-refractivity contribution < 1.29 is 4.74 Å². The van der Waals surface area contributed by atoms with Crippen LogP contribution in [0.2, 0.25) is 0 Å². The standard InChI is InChI=1S/C22H27N3O/c1-22(2)11-3-4-17(13-22)23-14-16-5-7-18(8-6-16)26-19-9-10-20-21(12-19)25-15-24-20/h5-10,12,15,17,23H,3-4,11,13-14H2,1-2H3,(H,24,25)/t17-/m1/s1. The topological polar surface area (TPSA) is 49.9 Å². The molecule has 1 fully saturated rings. The van der Waals surface area contributed by atoms with E-state index < -0.39 is 0 Å². The summed E-state index contributed by atoms with van der Waals surface area (Å²) in [5.41, 5.74) is 3.71. The van der Waals surface area contributed by atoms with Gasteiger partial charge < -0.3 is 15.0 Å². The SMILES string of the molecule is CC1(C)CCC[C@@H](NCc2ccc(Oc3ccc4nc[nH]c4c3)cc2)C1. The minimum Gasteiger partial charge on any atom is -0.457 e. The predicted molar refractivity (Wildman–Crippen MR) is 105 cm³/mol. The van der Waals surface area contributed by atoms with Gasteiger partial charge in [-0.1, -0.05) is 32.4 Å². The molecule has 2 N–H and O–H groups in total.